The van der Waals surface area contributed by atoms with Gasteiger partial charge in [-0.1, -0.05) is 18.2 Å². The molecular formula is C28H26FN7O2. The molecule has 1 fully saturated rings. The number of hydrogen-bond acceptors (Lipinski definition) is 7. The molecule has 0 bridgehead atoms. The molecule has 3 heterocycles. The molecule has 5 aromatic rings. The third-order valence-corrected chi connectivity index (χ3v) is 6.93. The van der Waals surface area contributed by atoms with Gasteiger partial charge in [-0.2, -0.15) is 9.61 Å². The lowest BCUT2D eigenvalue weighted by molar-refractivity contribution is 0.0816. The molecule has 1 N–H and O–H groups in total. The quantitative estimate of drug-likeness (QED) is 0.350. The number of benzene rings is 2. The average Bonchev–Trinajstić information content (AvgIpc) is 3.59. The highest BCUT2D eigenvalue weighted by molar-refractivity contribution is 5.95. The Hall–Kier alpha value is -4.31. The van der Waals surface area contributed by atoms with E-state index in [1.807, 2.05) is 32.0 Å². The molecule has 192 valence electrons. The smallest absolute Gasteiger partial charge is 0.271 e. The van der Waals surface area contributed by atoms with Crippen molar-refractivity contribution in [2.45, 2.75) is 37.6 Å². The van der Waals surface area contributed by atoms with Gasteiger partial charge in [0.15, 0.2) is 5.82 Å². The molecule has 0 aliphatic heterocycles. The van der Waals surface area contributed by atoms with Crippen LogP contribution in [0.3, 0.4) is 0 Å². The number of carbonyl (C=O) groups excluding carboxylic acids is 1. The fourth-order valence-electron chi connectivity index (χ4n) is 4.90. The second kappa shape index (κ2) is 8.91. The lowest BCUT2D eigenvalue weighted by Crippen LogP contribution is -2.47. The molecule has 1 aliphatic rings. The first kappa shape index (κ1) is 24.1. The van der Waals surface area contributed by atoms with Crippen LogP contribution in [0.1, 0.15) is 48.4 Å². The molecule has 0 saturated heterocycles. The van der Waals surface area contributed by atoms with Crippen molar-refractivity contribution in [3.05, 3.63) is 83.7 Å². The zero-order valence-electron chi connectivity index (χ0n) is 21.3. The van der Waals surface area contributed by atoms with Gasteiger partial charge in [0.1, 0.15) is 11.5 Å². The Morgan fingerprint density at radius 2 is 1.97 bits per heavy atom. The van der Waals surface area contributed by atoms with Gasteiger partial charge < -0.3 is 10.1 Å². The number of pyridine rings is 1. The van der Waals surface area contributed by atoms with E-state index in [0.717, 1.165) is 29.3 Å². The summed E-state index contributed by atoms with van der Waals surface area (Å²) in [5.74, 6) is -0.0984. The van der Waals surface area contributed by atoms with E-state index in [2.05, 4.69) is 37.6 Å². The first-order valence-electron chi connectivity index (χ1n) is 12.4. The molecule has 1 aliphatic carbocycles. The number of nitrogens with zero attached hydrogens (tertiary/aromatic N) is 6. The number of nitrogens with one attached hydrogen (secondary N) is 1. The van der Waals surface area contributed by atoms with Crippen LogP contribution in [0.4, 0.5) is 4.39 Å². The van der Waals surface area contributed by atoms with Gasteiger partial charge in [0.25, 0.3) is 11.7 Å². The summed E-state index contributed by atoms with van der Waals surface area (Å²) >= 11 is 0. The number of halogens is 1. The van der Waals surface area contributed by atoms with Gasteiger partial charge in [-0.15, -0.1) is 10.2 Å². The minimum atomic E-state index is -0.650. The fourth-order valence-corrected chi connectivity index (χ4v) is 4.90. The second-order valence-electron chi connectivity index (χ2n) is 10.3. The van der Waals surface area contributed by atoms with Crippen LogP contribution in [0, 0.1) is 5.82 Å². The molecule has 3 aromatic heterocycles. The van der Waals surface area contributed by atoms with Crippen molar-refractivity contribution in [2.75, 3.05) is 13.7 Å². The van der Waals surface area contributed by atoms with Gasteiger partial charge in [0, 0.05) is 24.3 Å². The third-order valence-electron chi connectivity index (χ3n) is 6.93. The normalized spacial score (nSPS) is 14.6. The van der Waals surface area contributed by atoms with E-state index in [4.69, 9.17) is 9.84 Å². The first-order chi connectivity index (χ1) is 18.3. The molecular weight excluding hydrogens is 485 g/mol. The lowest BCUT2D eigenvalue weighted by atomic mass is 9.94. The maximum absolute atomic E-state index is 15.1. The fraction of sp³-hybridized carbons (Fsp3) is 0.286. The standard InChI is InChI=1S/C28H26FN7O2/c1-27(2,16-38-3)32-24(37)20-8-6-18(14-21(20)29)23-15-31-26-34-33-25(36(26)35-23)28(10-11-28)19-7-9-22-17(13-19)5-4-12-30-22/h4-9,12-15H,10-11,16H2,1-3H3,(H,32,37). The Morgan fingerprint density at radius 1 is 1.13 bits per heavy atom. The van der Waals surface area contributed by atoms with Gasteiger partial charge >= 0.3 is 0 Å². The number of hydrogen-bond donors (Lipinski definition) is 1. The third kappa shape index (κ3) is 4.16. The van der Waals surface area contributed by atoms with Gasteiger partial charge in [-0.3, -0.25) is 9.78 Å². The van der Waals surface area contributed by atoms with E-state index < -0.39 is 17.3 Å². The van der Waals surface area contributed by atoms with E-state index in [0.29, 0.717) is 29.5 Å². The summed E-state index contributed by atoms with van der Waals surface area (Å²) in [6, 6.07) is 14.6. The molecule has 9 nitrogen and oxygen atoms in total. The van der Waals surface area contributed by atoms with Crippen molar-refractivity contribution < 1.29 is 13.9 Å². The topological polar surface area (TPSA) is 107 Å². The molecule has 6 rings (SSSR count). The van der Waals surface area contributed by atoms with Crippen LogP contribution in [0.25, 0.3) is 27.9 Å². The Morgan fingerprint density at radius 3 is 2.74 bits per heavy atom. The molecule has 0 atom stereocenters. The molecule has 0 spiro atoms. The molecule has 1 amide bonds. The minimum absolute atomic E-state index is 0.0559. The van der Waals surface area contributed by atoms with Crippen LogP contribution in [-0.2, 0) is 10.2 Å². The van der Waals surface area contributed by atoms with Crippen LogP contribution in [0.15, 0.2) is 60.9 Å². The van der Waals surface area contributed by atoms with Crippen molar-refractivity contribution in [3.8, 4) is 11.3 Å². The number of methoxy groups -OCH3 is 1. The van der Waals surface area contributed by atoms with E-state index >= 15 is 4.39 Å². The van der Waals surface area contributed by atoms with E-state index in [1.54, 1.807) is 23.9 Å². The maximum atomic E-state index is 15.1. The number of rotatable bonds is 7. The summed E-state index contributed by atoms with van der Waals surface area (Å²) in [5.41, 5.74) is 1.98. The monoisotopic (exact) mass is 511 g/mol. The predicted octanol–water partition coefficient (Wildman–Crippen LogP) is 4.11. The predicted molar refractivity (Wildman–Crippen MR) is 139 cm³/mol. The van der Waals surface area contributed by atoms with Gasteiger partial charge in [0.2, 0.25) is 0 Å². The number of aromatic nitrogens is 6. The highest BCUT2D eigenvalue weighted by atomic mass is 19.1. The summed E-state index contributed by atoms with van der Waals surface area (Å²) in [6.07, 6.45) is 5.12. The zero-order valence-corrected chi connectivity index (χ0v) is 21.3. The first-order valence-corrected chi connectivity index (χ1v) is 12.4. The average molecular weight is 512 g/mol. The summed E-state index contributed by atoms with van der Waals surface area (Å²) in [4.78, 5) is 21.5. The molecule has 2 aromatic carbocycles. The molecule has 0 radical (unpaired) electrons. The number of ether oxygens (including phenoxy) is 1. The van der Waals surface area contributed by atoms with Crippen LogP contribution < -0.4 is 5.32 Å². The van der Waals surface area contributed by atoms with Gasteiger partial charge in [-0.25, -0.2) is 9.37 Å². The number of amides is 1. The van der Waals surface area contributed by atoms with Gasteiger partial charge in [-0.05, 0) is 62.6 Å². The molecule has 1 saturated carbocycles. The summed E-state index contributed by atoms with van der Waals surface area (Å²) in [7, 11) is 1.55. The summed E-state index contributed by atoms with van der Waals surface area (Å²) < 4.78 is 21.8. The van der Waals surface area contributed by atoms with E-state index in [1.165, 1.54) is 18.3 Å². The van der Waals surface area contributed by atoms with Crippen LogP contribution in [0.5, 0.6) is 0 Å². The van der Waals surface area contributed by atoms with E-state index in [9.17, 15) is 4.79 Å². The lowest BCUT2D eigenvalue weighted by Gasteiger charge is -2.25. The van der Waals surface area contributed by atoms with Crippen molar-refractivity contribution in [3.63, 3.8) is 0 Å². The maximum Gasteiger partial charge on any atom is 0.271 e. The SMILES string of the molecule is COCC(C)(C)NC(=O)c1ccc(-c2cnc3nnc(C4(c5ccc6ncccc6c5)CC4)n3n2)cc1F. The highest BCUT2D eigenvalue weighted by Crippen LogP contribution is 2.53. The van der Waals surface area contributed by atoms with Crippen LogP contribution >= 0.6 is 0 Å². The zero-order chi connectivity index (χ0) is 26.5. The Balaban J connectivity index is 1.34. The summed E-state index contributed by atoms with van der Waals surface area (Å²) in [5, 5.41) is 17.3. The number of fused-ring (bicyclic) bond motifs is 2. The molecule has 0 unspecified atom stereocenters. The largest absolute Gasteiger partial charge is 0.382 e. The molecule has 38 heavy (non-hydrogen) atoms. The molecule has 10 heteroatoms. The Labute approximate surface area is 218 Å². The Kier molecular flexibility index (Phi) is 5.64. The van der Waals surface area contributed by atoms with Crippen molar-refractivity contribution in [1.29, 1.82) is 0 Å². The van der Waals surface area contributed by atoms with Crippen molar-refractivity contribution in [1.82, 2.24) is 35.1 Å². The van der Waals surface area contributed by atoms with Crippen LogP contribution in [0.2, 0.25) is 0 Å². The van der Waals surface area contributed by atoms with Crippen molar-refractivity contribution >= 4 is 22.6 Å². The van der Waals surface area contributed by atoms with E-state index in [-0.39, 0.29) is 11.0 Å². The van der Waals surface area contributed by atoms with Crippen molar-refractivity contribution in [2.24, 2.45) is 0 Å². The number of carbonyl (C=O) groups is 1. The Bertz CT molecular complexity index is 1690. The van der Waals surface area contributed by atoms with Gasteiger partial charge in [0.05, 0.1) is 34.8 Å². The minimum Gasteiger partial charge on any atom is -0.382 e. The van der Waals surface area contributed by atoms with Crippen LogP contribution in [-0.4, -0.2) is 54.9 Å². The summed E-state index contributed by atoms with van der Waals surface area (Å²) in [6.45, 7) is 3.92. The highest BCUT2D eigenvalue weighted by Gasteiger charge is 2.50. The second-order valence-corrected chi connectivity index (χ2v) is 10.3.